The van der Waals surface area contributed by atoms with E-state index < -0.39 is 0 Å². The van der Waals surface area contributed by atoms with Crippen molar-refractivity contribution in [3.8, 4) is 21.9 Å². The molecule has 3 aromatic rings. The average molecular weight is 379 g/mol. The number of thiophene rings is 1. The molecule has 0 fully saturated rings. The van der Waals surface area contributed by atoms with E-state index in [-0.39, 0.29) is 5.91 Å². The Hall–Kier alpha value is -2.79. The molecule has 1 aromatic heterocycles. The van der Waals surface area contributed by atoms with Gasteiger partial charge in [0.05, 0.1) is 24.8 Å². The highest BCUT2D eigenvalue weighted by Crippen LogP contribution is 2.41. The van der Waals surface area contributed by atoms with Gasteiger partial charge in [-0.2, -0.15) is 0 Å². The molecule has 4 nitrogen and oxygen atoms in total. The molecule has 1 heterocycles. The molecule has 0 unspecified atom stereocenters. The van der Waals surface area contributed by atoms with Crippen LogP contribution in [0.4, 0.5) is 5.69 Å². The quantitative estimate of drug-likeness (QED) is 0.687. The molecular formula is C22H21NO3S. The lowest BCUT2D eigenvalue weighted by Gasteiger charge is -2.16. The van der Waals surface area contributed by atoms with E-state index in [1.54, 1.807) is 25.6 Å². The summed E-state index contributed by atoms with van der Waals surface area (Å²) in [6.07, 6.45) is 1.90. The fraction of sp³-hybridized carbons (Fsp3) is 0.227. The summed E-state index contributed by atoms with van der Waals surface area (Å²) in [7, 11) is 3.29. The van der Waals surface area contributed by atoms with Gasteiger partial charge in [-0.25, -0.2) is 0 Å². The number of amides is 1. The highest BCUT2D eigenvalue weighted by molar-refractivity contribution is 7.17. The third-order valence-electron chi connectivity index (χ3n) is 4.86. The van der Waals surface area contributed by atoms with Gasteiger partial charge in [-0.05, 0) is 78.4 Å². The van der Waals surface area contributed by atoms with Crippen molar-refractivity contribution in [2.75, 3.05) is 19.5 Å². The number of benzene rings is 2. The minimum atomic E-state index is -0.103. The van der Waals surface area contributed by atoms with E-state index in [1.807, 2.05) is 37.3 Å². The second-order valence-electron chi connectivity index (χ2n) is 6.65. The first-order valence-corrected chi connectivity index (χ1v) is 9.66. The van der Waals surface area contributed by atoms with Crippen LogP contribution < -0.4 is 14.8 Å². The zero-order chi connectivity index (χ0) is 19.0. The Labute approximate surface area is 162 Å². The summed E-state index contributed by atoms with van der Waals surface area (Å²) in [4.78, 5) is 14.7. The van der Waals surface area contributed by atoms with Gasteiger partial charge in [0.2, 0.25) is 0 Å². The van der Waals surface area contributed by atoms with Crippen LogP contribution in [0.25, 0.3) is 10.4 Å². The number of hydrogen-bond acceptors (Lipinski definition) is 4. The lowest BCUT2D eigenvalue weighted by atomic mass is 9.91. The lowest BCUT2D eigenvalue weighted by Crippen LogP contribution is -2.11. The second-order valence-corrected chi connectivity index (χ2v) is 7.70. The van der Waals surface area contributed by atoms with E-state index >= 15 is 0 Å². The molecule has 2 aromatic carbocycles. The van der Waals surface area contributed by atoms with Crippen LogP contribution in [0.5, 0.6) is 11.5 Å². The van der Waals surface area contributed by atoms with E-state index in [0.29, 0.717) is 16.3 Å². The maximum absolute atomic E-state index is 12.8. The van der Waals surface area contributed by atoms with Crippen LogP contribution in [0.2, 0.25) is 0 Å². The summed E-state index contributed by atoms with van der Waals surface area (Å²) in [5.41, 5.74) is 5.47. The molecule has 1 amide bonds. The van der Waals surface area contributed by atoms with Crippen LogP contribution in [0, 0.1) is 6.92 Å². The minimum absolute atomic E-state index is 0.103. The SMILES string of the molecule is COc1ccc2c(c1)CCc1cc(C(=O)Nc3cc(C)ccc3OC)sc1-2. The molecule has 0 saturated carbocycles. The third kappa shape index (κ3) is 3.30. The van der Waals surface area contributed by atoms with Crippen molar-refractivity contribution in [1.29, 1.82) is 0 Å². The molecule has 1 N–H and O–H groups in total. The Balaban J connectivity index is 1.64. The second kappa shape index (κ2) is 7.08. The molecule has 138 valence electrons. The summed E-state index contributed by atoms with van der Waals surface area (Å²) in [6.45, 7) is 1.99. The minimum Gasteiger partial charge on any atom is -0.497 e. The van der Waals surface area contributed by atoms with Gasteiger partial charge < -0.3 is 14.8 Å². The largest absolute Gasteiger partial charge is 0.497 e. The van der Waals surface area contributed by atoms with Gasteiger partial charge in [-0.3, -0.25) is 4.79 Å². The maximum Gasteiger partial charge on any atom is 0.265 e. The molecule has 1 aliphatic carbocycles. The van der Waals surface area contributed by atoms with E-state index in [9.17, 15) is 4.79 Å². The number of ether oxygens (including phenoxy) is 2. The van der Waals surface area contributed by atoms with Crippen molar-refractivity contribution in [2.24, 2.45) is 0 Å². The molecule has 1 aliphatic rings. The third-order valence-corrected chi connectivity index (χ3v) is 6.07. The van der Waals surface area contributed by atoms with Crippen LogP contribution >= 0.6 is 11.3 Å². The van der Waals surface area contributed by atoms with Gasteiger partial charge in [0.15, 0.2) is 0 Å². The Morgan fingerprint density at radius 3 is 2.59 bits per heavy atom. The van der Waals surface area contributed by atoms with E-state index in [1.165, 1.54) is 21.6 Å². The highest BCUT2D eigenvalue weighted by atomic mass is 32.1. The van der Waals surface area contributed by atoms with Gasteiger partial charge in [0.25, 0.3) is 5.91 Å². The van der Waals surface area contributed by atoms with Crippen molar-refractivity contribution in [2.45, 2.75) is 19.8 Å². The number of carbonyl (C=O) groups is 1. The fourth-order valence-electron chi connectivity index (χ4n) is 3.45. The van der Waals surface area contributed by atoms with E-state index in [0.717, 1.165) is 24.2 Å². The van der Waals surface area contributed by atoms with E-state index in [4.69, 9.17) is 9.47 Å². The zero-order valence-electron chi connectivity index (χ0n) is 15.6. The van der Waals surface area contributed by atoms with Gasteiger partial charge in [-0.15, -0.1) is 11.3 Å². The zero-order valence-corrected chi connectivity index (χ0v) is 16.4. The van der Waals surface area contributed by atoms with Crippen molar-refractivity contribution < 1.29 is 14.3 Å². The molecule has 4 rings (SSSR count). The molecule has 0 radical (unpaired) electrons. The number of fused-ring (bicyclic) bond motifs is 3. The van der Waals surface area contributed by atoms with Crippen molar-refractivity contribution in [1.82, 2.24) is 0 Å². The van der Waals surface area contributed by atoms with Crippen LogP contribution in [-0.2, 0) is 12.8 Å². The smallest absolute Gasteiger partial charge is 0.265 e. The van der Waals surface area contributed by atoms with Crippen LogP contribution in [0.1, 0.15) is 26.4 Å². The summed E-state index contributed by atoms with van der Waals surface area (Å²) in [5.74, 6) is 1.43. The Kier molecular flexibility index (Phi) is 4.62. The molecule has 0 saturated heterocycles. The molecule has 5 heteroatoms. The van der Waals surface area contributed by atoms with Gasteiger partial charge >= 0.3 is 0 Å². The summed E-state index contributed by atoms with van der Waals surface area (Å²) in [6, 6.07) is 13.9. The van der Waals surface area contributed by atoms with Crippen molar-refractivity contribution in [3.05, 3.63) is 64.0 Å². The number of hydrogen-bond donors (Lipinski definition) is 1. The van der Waals surface area contributed by atoms with Gasteiger partial charge in [-0.1, -0.05) is 6.07 Å². The van der Waals surface area contributed by atoms with E-state index in [2.05, 4.69) is 17.4 Å². The number of carbonyl (C=O) groups excluding carboxylic acids is 1. The first-order chi connectivity index (χ1) is 13.1. The molecular weight excluding hydrogens is 358 g/mol. The first kappa shape index (κ1) is 17.6. The monoisotopic (exact) mass is 379 g/mol. The van der Waals surface area contributed by atoms with Gasteiger partial charge in [0, 0.05) is 4.88 Å². The average Bonchev–Trinajstić information content (AvgIpc) is 3.12. The highest BCUT2D eigenvalue weighted by Gasteiger charge is 2.22. The summed E-state index contributed by atoms with van der Waals surface area (Å²) in [5, 5.41) is 3.00. The normalized spacial score (nSPS) is 12.1. The summed E-state index contributed by atoms with van der Waals surface area (Å²) < 4.78 is 10.7. The molecule has 0 bridgehead atoms. The number of methoxy groups -OCH3 is 2. The number of aryl methyl sites for hydroxylation is 3. The number of anilines is 1. The van der Waals surface area contributed by atoms with Crippen molar-refractivity contribution in [3.63, 3.8) is 0 Å². The number of nitrogens with one attached hydrogen (secondary N) is 1. The fourth-order valence-corrected chi connectivity index (χ4v) is 4.62. The van der Waals surface area contributed by atoms with Crippen LogP contribution in [0.15, 0.2) is 42.5 Å². The Morgan fingerprint density at radius 2 is 1.81 bits per heavy atom. The Morgan fingerprint density at radius 1 is 1.00 bits per heavy atom. The Bertz CT molecular complexity index is 1020. The summed E-state index contributed by atoms with van der Waals surface area (Å²) >= 11 is 1.54. The maximum atomic E-state index is 12.8. The standard InChI is InChI=1S/C22H21NO3S/c1-13-4-9-19(26-3)18(10-13)23-22(24)20-12-15-6-5-14-11-16(25-2)7-8-17(14)21(15)27-20/h4,7-12H,5-6H2,1-3H3,(H,23,24). The predicted molar refractivity (Wildman–Crippen MR) is 109 cm³/mol. The van der Waals surface area contributed by atoms with Crippen LogP contribution in [0.3, 0.4) is 0 Å². The number of rotatable bonds is 4. The molecule has 27 heavy (non-hydrogen) atoms. The molecule has 0 atom stereocenters. The van der Waals surface area contributed by atoms with Crippen molar-refractivity contribution >= 4 is 22.9 Å². The topological polar surface area (TPSA) is 47.6 Å². The van der Waals surface area contributed by atoms with Gasteiger partial charge in [0.1, 0.15) is 11.5 Å². The molecule has 0 spiro atoms. The van der Waals surface area contributed by atoms with Crippen LogP contribution in [-0.4, -0.2) is 20.1 Å². The predicted octanol–water partition coefficient (Wildman–Crippen LogP) is 5.09. The lowest BCUT2D eigenvalue weighted by molar-refractivity contribution is 0.103. The molecule has 0 aliphatic heterocycles. The first-order valence-electron chi connectivity index (χ1n) is 8.85.